The van der Waals surface area contributed by atoms with E-state index in [0.29, 0.717) is 12.5 Å². The summed E-state index contributed by atoms with van der Waals surface area (Å²) in [7, 11) is 0. The van der Waals surface area contributed by atoms with Crippen LogP contribution < -0.4 is 0 Å². The van der Waals surface area contributed by atoms with Crippen LogP contribution in [0, 0.1) is 0 Å². The zero-order valence-electron chi connectivity index (χ0n) is 13.5. The van der Waals surface area contributed by atoms with Crippen molar-refractivity contribution in [1.82, 2.24) is 9.88 Å². The first-order chi connectivity index (χ1) is 9.91. The quantitative estimate of drug-likeness (QED) is 0.858. The third-order valence-corrected chi connectivity index (χ3v) is 4.92. The molecular formula is C16H26N2O2S. The second-order valence-electron chi connectivity index (χ2n) is 6.61. The Kier molecular flexibility index (Phi) is 5.38. The van der Waals surface area contributed by atoms with Gasteiger partial charge in [0.1, 0.15) is 6.61 Å². The van der Waals surface area contributed by atoms with Gasteiger partial charge in [-0.1, -0.05) is 20.8 Å². The normalized spacial score (nSPS) is 17.2. The van der Waals surface area contributed by atoms with Gasteiger partial charge in [0.25, 0.3) is 0 Å². The molecule has 1 saturated heterocycles. The maximum absolute atomic E-state index is 11.9. The Morgan fingerprint density at radius 2 is 2.10 bits per heavy atom. The first-order valence-electron chi connectivity index (χ1n) is 7.73. The van der Waals surface area contributed by atoms with Crippen molar-refractivity contribution in [2.75, 3.05) is 26.3 Å². The minimum atomic E-state index is 0.114. The van der Waals surface area contributed by atoms with Crippen molar-refractivity contribution in [2.24, 2.45) is 0 Å². The molecule has 2 heterocycles. The van der Waals surface area contributed by atoms with Gasteiger partial charge in [-0.05, 0) is 19.8 Å². The van der Waals surface area contributed by atoms with Crippen molar-refractivity contribution in [2.45, 2.75) is 51.9 Å². The molecule has 1 aliphatic rings. The summed E-state index contributed by atoms with van der Waals surface area (Å²) in [6, 6.07) is 0. The minimum Gasteiger partial charge on any atom is -0.372 e. The van der Waals surface area contributed by atoms with E-state index in [4.69, 9.17) is 9.72 Å². The molecule has 21 heavy (non-hydrogen) atoms. The maximum Gasteiger partial charge on any atom is 0.248 e. The van der Waals surface area contributed by atoms with Crippen LogP contribution in [0.4, 0.5) is 0 Å². The van der Waals surface area contributed by atoms with Crippen molar-refractivity contribution in [3.63, 3.8) is 0 Å². The molecule has 2 rings (SSSR count). The first kappa shape index (κ1) is 16.4. The molecule has 1 aliphatic heterocycles. The largest absolute Gasteiger partial charge is 0.372 e. The fourth-order valence-corrected chi connectivity index (χ4v) is 3.69. The molecule has 118 valence electrons. The van der Waals surface area contributed by atoms with Gasteiger partial charge in [-0.25, -0.2) is 4.98 Å². The van der Waals surface area contributed by atoms with Crippen LogP contribution in [0.2, 0.25) is 0 Å². The van der Waals surface area contributed by atoms with Crippen LogP contribution in [-0.2, 0) is 14.9 Å². The highest BCUT2D eigenvalue weighted by Gasteiger charge is 2.27. The predicted molar refractivity (Wildman–Crippen MR) is 85.9 cm³/mol. The number of carbonyl (C=O) groups is 1. The van der Waals surface area contributed by atoms with Crippen LogP contribution in [0.15, 0.2) is 5.38 Å². The number of likely N-dealkylation sites (tertiary alicyclic amines) is 1. The van der Waals surface area contributed by atoms with Crippen LogP contribution in [0.5, 0.6) is 0 Å². The van der Waals surface area contributed by atoms with Gasteiger partial charge in [-0.3, -0.25) is 4.79 Å². The highest BCUT2D eigenvalue weighted by molar-refractivity contribution is 7.09. The molecule has 0 unspecified atom stereocenters. The highest BCUT2D eigenvalue weighted by Crippen LogP contribution is 2.33. The number of piperidine rings is 1. The third kappa shape index (κ3) is 4.27. The van der Waals surface area contributed by atoms with E-state index in [0.717, 1.165) is 25.9 Å². The number of aromatic nitrogens is 1. The van der Waals surface area contributed by atoms with Crippen molar-refractivity contribution >= 4 is 17.2 Å². The van der Waals surface area contributed by atoms with E-state index in [1.165, 1.54) is 10.7 Å². The molecule has 0 radical (unpaired) electrons. The Balaban J connectivity index is 1.89. The molecule has 1 aromatic heterocycles. The summed E-state index contributed by atoms with van der Waals surface area (Å²) in [6.45, 7) is 10.9. The minimum absolute atomic E-state index is 0.114. The molecule has 0 aliphatic carbocycles. The summed E-state index contributed by atoms with van der Waals surface area (Å²) in [5.41, 5.74) is 1.29. The van der Waals surface area contributed by atoms with Crippen molar-refractivity contribution < 1.29 is 9.53 Å². The van der Waals surface area contributed by atoms with Gasteiger partial charge in [0.05, 0.1) is 10.7 Å². The maximum atomic E-state index is 11.9. The Morgan fingerprint density at radius 1 is 1.43 bits per heavy atom. The lowest BCUT2D eigenvalue weighted by Crippen LogP contribution is -2.40. The van der Waals surface area contributed by atoms with Crippen molar-refractivity contribution in [3.8, 4) is 0 Å². The van der Waals surface area contributed by atoms with E-state index in [2.05, 4.69) is 26.2 Å². The van der Waals surface area contributed by atoms with Crippen LogP contribution >= 0.6 is 11.3 Å². The number of ether oxygens (including phenoxy) is 1. The fourth-order valence-electron chi connectivity index (χ4n) is 2.48. The molecule has 1 amide bonds. The molecule has 4 nitrogen and oxygen atoms in total. The number of hydrogen-bond acceptors (Lipinski definition) is 4. The van der Waals surface area contributed by atoms with Gasteiger partial charge >= 0.3 is 0 Å². The van der Waals surface area contributed by atoms with Crippen LogP contribution in [-0.4, -0.2) is 42.1 Å². The lowest BCUT2D eigenvalue weighted by atomic mass is 9.93. The summed E-state index contributed by atoms with van der Waals surface area (Å²) >= 11 is 1.77. The summed E-state index contributed by atoms with van der Waals surface area (Å²) in [5.74, 6) is 0.618. The summed E-state index contributed by atoms with van der Waals surface area (Å²) in [6.07, 6.45) is 2.02. The smallest absolute Gasteiger partial charge is 0.248 e. The van der Waals surface area contributed by atoms with E-state index in [-0.39, 0.29) is 17.9 Å². The van der Waals surface area contributed by atoms with E-state index in [9.17, 15) is 4.79 Å². The first-order valence-corrected chi connectivity index (χ1v) is 8.61. The molecule has 5 heteroatoms. The molecule has 1 aromatic rings. The lowest BCUT2D eigenvalue weighted by molar-refractivity contribution is -0.137. The van der Waals surface area contributed by atoms with Gasteiger partial charge in [0.15, 0.2) is 0 Å². The second-order valence-corrected chi connectivity index (χ2v) is 7.50. The molecule has 0 aromatic carbocycles. The molecule has 0 spiro atoms. The summed E-state index contributed by atoms with van der Waals surface area (Å²) in [4.78, 5) is 18.7. The Labute approximate surface area is 131 Å². The molecule has 1 fully saturated rings. The molecule has 0 saturated carbocycles. The topological polar surface area (TPSA) is 42.4 Å². The predicted octanol–water partition coefficient (Wildman–Crippen LogP) is 3.18. The van der Waals surface area contributed by atoms with Crippen LogP contribution in [0.3, 0.4) is 0 Å². The van der Waals surface area contributed by atoms with Crippen LogP contribution in [0.1, 0.15) is 57.2 Å². The lowest BCUT2D eigenvalue weighted by Gasteiger charge is -2.31. The second kappa shape index (κ2) is 6.88. The standard InChI is InChI=1S/C16H26N2O2S/c1-5-20-10-14(19)18-8-6-12(7-9-18)15-17-13(11-21-15)16(2,3)4/h11-12H,5-10H2,1-4H3. The van der Waals surface area contributed by atoms with Crippen molar-refractivity contribution in [1.29, 1.82) is 0 Å². The number of carbonyl (C=O) groups excluding carboxylic acids is 1. The SMILES string of the molecule is CCOCC(=O)N1CCC(c2nc(C(C)(C)C)cs2)CC1. The van der Waals surface area contributed by atoms with E-state index in [1.54, 1.807) is 11.3 Å². The monoisotopic (exact) mass is 310 g/mol. The third-order valence-electron chi connectivity index (χ3n) is 3.92. The Morgan fingerprint density at radius 3 is 2.62 bits per heavy atom. The van der Waals surface area contributed by atoms with E-state index >= 15 is 0 Å². The zero-order chi connectivity index (χ0) is 15.5. The van der Waals surface area contributed by atoms with Gasteiger partial charge in [-0.15, -0.1) is 11.3 Å². The van der Waals surface area contributed by atoms with E-state index < -0.39 is 0 Å². The number of rotatable bonds is 4. The van der Waals surface area contributed by atoms with Gasteiger partial charge in [0, 0.05) is 36.4 Å². The highest BCUT2D eigenvalue weighted by atomic mass is 32.1. The average molecular weight is 310 g/mol. The Hall–Kier alpha value is -0.940. The molecule has 0 N–H and O–H groups in total. The fraction of sp³-hybridized carbons (Fsp3) is 0.750. The van der Waals surface area contributed by atoms with Gasteiger partial charge in [-0.2, -0.15) is 0 Å². The molecule has 0 atom stereocenters. The Bertz CT molecular complexity index is 471. The molecular weight excluding hydrogens is 284 g/mol. The average Bonchev–Trinajstić information content (AvgIpc) is 2.95. The van der Waals surface area contributed by atoms with Gasteiger partial charge < -0.3 is 9.64 Å². The summed E-state index contributed by atoms with van der Waals surface area (Å²) < 4.78 is 5.20. The number of nitrogens with zero attached hydrogens (tertiary/aromatic N) is 2. The summed E-state index contributed by atoms with van der Waals surface area (Å²) in [5, 5.41) is 3.42. The van der Waals surface area contributed by atoms with Gasteiger partial charge in [0.2, 0.25) is 5.91 Å². The number of hydrogen-bond donors (Lipinski definition) is 0. The molecule has 0 bridgehead atoms. The van der Waals surface area contributed by atoms with E-state index in [1.807, 2.05) is 11.8 Å². The zero-order valence-corrected chi connectivity index (χ0v) is 14.3. The number of amides is 1. The van der Waals surface area contributed by atoms with Crippen LogP contribution in [0.25, 0.3) is 0 Å². The van der Waals surface area contributed by atoms with Crippen molar-refractivity contribution in [3.05, 3.63) is 16.1 Å². The number of thiazole rings is 1.